The third kappa shape index (κ3) is 2.51. The summed E-state index contributed by atoms with van der Waals surface area (Å²) in [4.78, 5) is 0. The van der Waals surface area contributed by atoms with Crippen molar-refractivity contribution in [2.75, 3.05) is 0 Å². The first kappa shape index (κ1) is 18.7. The highest BCUT2D eigenvalue weighted by Crippen LogP contribution is 2.37. The zero-order chi connectivity index (χ0) is 22.6. The highest BCUT2D eigenvalue weighted by Gasteiger charge is 2.17. The molecule has 3 heteroatoms. The van der Waals surface area contributed by atoms with Gasteiger partial charge in [0.25, 0.3) is 0 Å². The van der Waals surface area contributed by atoms with E-state index in [0.29, 0.717) is 5.56 Å². The average molecular weight is 434 g/mol. The van der Waals surface area contributed by atoms with E-state index in [9.17, 15) is 5.26 Å². The van der Waals surface area contributed by atoms with Gasteiger partial charge in [0.1, 0.15) is 0 Å². The minimum absolute atomic E-state index is 0.703. The van der Waals surface area contributed by atoms with Gasteiger partial charge in [-0.25, -0.2) is 0 Å². The van der Waals surface area contributed by atoms with Crippen LogP contribution in [0.4, 0.5) is 0 Å². The molecule has 0 spiro atoms. The molecule has 0 unspecified atom stereocenters. The quantitative estimate of drug-likeness (QED) is 0.274. The number of fused-ring (bicyclic) bond motifs is 6. The van der Waals surface area contributed by atoms with E-state index in [1.807, 2.05) is 24.3 Å². The summed E-state index contributed by atoms with van der Waals surface area (Å²) in [5.74, 6) is 0. The number of aromatic nitrogens is 2. The van der Waals surface area contributed by atoms with E-state index >= 15 is 0 Å². The van der Waals surface area contributed by atoms with Gasteiger partial charge in [-0.05, 0) is 54.6 Å². The molecule has 0 saturated heterocycles. The van der Waals surface area contributed by atoms with Crippen LogP contribution in [0.5, 0.6) is 0 Å². The van der Waals surface area contributed by atoms with Gasteiger partial charge in [0, 0.05) is 32.9 Å². The Kier molecular flexibility index (Phi) is 3.91. The molecule has 0 N–H and O–H groups in total. The third-order valence-corrected chi connectivity index (χ3v) is 6.75. The molecule has 2 aromatic heterocycles. The number of hydrogen-bond donors (Lipinski definition) is 0. The Morgan fingerprint density at radius 3 is 1.88 bits per heavy atom. The van der Waals surface area contributed by atoms with Gasteiger partial charge in [0.05, 0.1) is 33.7 Å². The zero-order valence-electron chi connectivity index (χ0n) is 18.3. The lowest BCUT2D eigenvalue weighted by Gasteiger charge is -2.10. The minimum atomic E-state index is 0.703. The summed E-state index contributed by atoms with van der Waals surface area (Å²) in [5.41, 5.74) is 7.46. The predicted molar refractivity (Wildman–Crippen MR) is 140 cm³/mol. The van der Waals surface area contributed by atoms with Crippen molar-refractivity contribution in [3.8, 4) is 17.4 Å². The van der Waals surface area contributed by atoms with Crippen LogP contribution in [0.15, 0.2) is 115 Å². The molecule has 0 aliphatic heterocycles. The fourth-order valence-corrected chi connectivity index (χ4v) is 5.35. The molecule has 0 atom stereocenters. The van der Waals surface area contributed by atoms with Crippen molar-refractivity contribution in [3.05, 3.63) is 121 Å². The average Bonchev–Trinajstić information content (AvgIpc) is 3.42. The Bertz CT molecular complexity index is 1910. The van der Waals surface area contributed by atoms with E-state index in [1.165, 1.54) is 21.8 Å². The van der Waals surface area contributed by atoms with Crippen molar-refractivity contribution in [2.45, 2.75) is 0 Å². The standard InChI is InChI=1S/C31H19N3/c32-20-21-9-8-16-30-31(21)25-13-5-7-15-28(25)34(30)23-17-18-29-26(19-23)24-12-4-6-14-27(24)33(29)22-10-2-1-3-11-22/h1-19H. The molecule has 0 radical (unpaired) electrons. The van der Waals surface area contributed by atoms with Crippen molar-refractivity contribution in [3.63, 3.8) is 0 Å². The van der Waals surface area contributed by atoms with Gasteiger partial charge >= 0.3 is 0 Å². The summed E-state index contributed by atoms with van der Waals surface area (Å²) in [6.45, 7) is 0. The summed E-state index contributed by atoms with van der Waals surface area (Å²) >= 11 is 0. The summed E-state index contributed by atoms with van der Waals surface area (Å²) in [6, 6.07) is 42.5. The molecule has 0 aliphatic carbocycles. The Hall–Kier alpha value is -4.81. The van der Waals surface area contributed by atoms with Gasteiger partial charge in [-0.3, -0.25) is 0 Å². The molecule has 7 aromatic rings. The number of nitrogens with zero attached hydrogens (tertiary/aromatic N) is 3. The van der Waals surface area contributed by atoms with Crippen LogP contribution in [-0.2, 0) is 0 Å². The van der Waals surface area contributed by atoms with E-state index in [1.54, 1.807) is 0 Å². The predicted octanol–water partition coefficient (Wildman–Crippen LogP) is 7.75. The van der Waals surface area contributed by atoms with Crippen molar-refractivity contribution >= 4 is 43.6 Å². The number of rotatable bonds is 2. The van der Waals surface area contributed by atoms with Gasteiger partial charge in [0.2, 0.25) is 0 Å². The van der Waals surface area contributed by atoms with Crippen LogP contribution in [-0.4, -0.2) is 9.13 Å². The van der Waals surface area contributed by atoms with E-state index < -0.39 is 0 Å². The summed E-state index contributed by atoms with van der Waals surface area (Å²) < 4.78 is 4.60. The van der Waals surface area contributed by atoms with Gasteiger partial charge in [-0.1, -0.05) is 60.7 Å². The van der Waals surface area contributed by atoms with Crippen molar-refractivity contribution in [1.82, 2.24) is 9.13 Å². The molecule has 3 nitrogen and oxygen atoms in total. The van der Waals surface area contributed by atoms with Crippen molar-refractivity contribution in [1.29, 1.82) is 5.26 Å². The first-order valence-electron chi connectivity index (χ1n) is 11.4. The van der Waals surface area contributed by atoms with Gasteiger partial charge in [-0.15, -0.1) is 0 Å². The van der Waals surface area contributed by atoms with E-state index in [2.05, 4.69) is 106 Å². The largest absolute Gasteiger partial charge is 0.309 e. The fraction of sp³-hybridized carbons (Fsp3) is 0. The zero-order valence-corrected chi connectivity index (χ0v) is 18.3. The van der Waals surface area contributed by atoms with Crippen LogP contribution in [0.2, 0.25) is 0 Å². The van der Waals surface area contributed by atoms with E-state index in [0.717, 1.165) is 33.2 Å². The number of nitriles is 1. The lowest BCUT2D eigenvalue weighted by atomic mass is 10.1. The number of benzene rings is 5. The summed E-state index contributed by atoms with van der Waals surface area (Å²) in [6.07, 6.45) is 0. The molecule has 5 aromatic carbocycles. The molecule has 0 fully saturated rings. The monoisotopic (exact) mass is 433 g/mol. The van der Waals surface area contributed by atoms with Crippen LogP contribution in [0.1, 0.15) is 5.56 Å². The molecular formula is C31H19N3. The Morgan fingerprint density at radius 1 is 0.471 bits per heavy atom. The van der Waals surface area contributed by atoms with Gasteiger partial charge in [-0.2, -0.15) is 5.26 Å². The molecule has 0 amide bonds. The fourth-order valence-electron chi connectivity index (χ4n) is 5.35. The topological polar surface area (TPSA) is 33.6 Å². The first-order chi connectivity index (χ1) is 16.8. The molecule has 0 bridgehead atoms. The second-order valence-corrected chi connectivity index (χ2v) is 8.55. The highest BCUT2D eigenvalue weighted by molar-refractivity contribution is 6.13. The van der Waals surface area contributed by atoms with Crippen LogP contribution in [0.25, 0.3) is 55.0 Å². The maximum Gasteiger partial charge on any atom is 0.0998 e. The van der Waals surface area contributed by atoms with Crippen LogP contribution >= 0.6 is 0 Å². The highest BCUT2D eigenvalue weighted by atomic mass is 15.0. The minimum Gasteiger partial charge on any atom is -0.309 e. The molecule has 158 valence electrons. The summed E-state index contributed by atoms with van der Waals surface area (Å²) in [5, 5.41) is 14.3. The number of hydrogen-bond acceptors (Lipinski definition) is 1. The molecule has 34 heavy (non-hydrogen) atoms. The molecular weight excluding hydrogens is 414 g/mol. The van der Waals surface area contributed by atoms with Crippen LogP contribution in [0.3, 0.4) is 0 Å². The lowest BCUT2D eigenvalue weighted by Crippen LogP contribution is -1.95. The third-order valence-electron chi connectivity index (χ3n) is 6.75. The van der Waals surface area contributed by atoms with Crippen LogP contribution < -0.4 is 0 Å². The molecule has 7 rings (SSSR count). The maximum absolute atomic E-state index is 9.78. The first-order valence-corrected chi connectivity index (χ1v) is 11.4. The van der Waals surface area contributed by atoms with Crippen molar-refractivity contribution in [2.24, 2.45) is 0 Å². The number of para-hydroxylation sites is 3. The Morgan fingerprint density at radius 2 is 1.09 bits per heavy atom. The van der Waals surface area contributed by atoms with Crippen LogP contribution in [0, 0.1) is 11.3 Å². The lowest BCUT2D eigenvalue weighted by molar-refractivity contribution is 1.16. The van der Waals surface area contributed by atoms with Gasteiger partial charge in [0.15, 0.2) is 0 Å². The van der Waals surface area contributed by atoms with Gasteiger partial charge < -0.3 is 9.13 Å². The SMILES string of the molecule is N#Cc1cccc2c1c1ccccc1n2-c1ccc2c(c1)c1ccccc1n2-c1ccccc1. The van der Waals surface area contributed by atoms with Crippen molar-refractivity contribution < 1.29 is 0 Å². The second kappa shape index (κ2) is 7.10. The summed E-state index contributed by atoms with van der Waals surface area (Å²) in [7, 11) is 0. The van der Waals surface area contributed by atoms with E-state index in [4.69, 9.17) is 0 Å². The molecule has 0 saturated carbocycles. The Labute approximate surface area is 196 Å². The normalized spacial score (nSPS) is 11.5. The molecule has 2 heterocycles. The Balaban J connectivity index is 1.60. The second-order valence-electron chi connectivity index (χ2n) is 8.55. The molecule has 0 aliphatic rings. The maximum atomic E-state index is 9.78. The van der Waals surface area contributed by atoms with E-state index in [-0.39, 0.29) is 0 Å². The smallest absolute Gasteiger partial charge is 0.0998 e.